The lowest BCUT2D eigenvalue weighted by Crippen LogP contribution is -2.42. The monoisotopic (exact) mass is 261 g/mol. The first-order valence-electron chi connectivity index (χ1n) is 5.39. The number of aromatic nitrogens is 1. The Morgan fingerprint density at radius 2 is 2.38 bits per heavy atom. The molecule has 2 rings (SSSR count). The minimum atomic E-state index is 0. The second-order valence-electron chi connectivity index (χ2n) is 3.91. The Morgan fingerprint density at radius 1 is 1.50 bits per heavy atom. The van der Waals surface area contributed by atoms with E-state index in [0.717, 1.165) is 19.6 Å². The quantitative estimate of drug-likeness (QED) is 0.818. The highest BCUT2D eigenvalue weighted by atomic mass is 35.5. The molecule has 1 saturated heterocycles. The maximum absolute atomic E-state index is 5.72. The second-order valence-corrected chi connectivity index (χ2v) is 4.30. The van der Waals surface area contributed by atoms with Crippen molar-refractivity contribution >= 4 is 24.0 Å². The number of rotatable bonds is 3. The summed E-state index contributed by atoms with van der Waals surface area (Å²) >= 11 is 5.72. The van der Waals surface area contributed by atoms with E-state index in [0.29, 0.717) is 11.2 Å². The standard InChI is InChI=1S/C11H16ClN3.ClH/c12-11-4-3-9(7-15-11)6-14-10-2-1-5-13-8-10;/h3-4,7,10,13-14H,1-2,5-6,8H2;1H/t10-;/m0./s1. The molecule has 2 N–H and O–H groups in total. The first kappa shape index (κ1) is 13.7. The fraction of sp³-hybridized carbons (Fsp3) is 0.545. The molecule has 1 fully saturated rings. The van der Waals surface area contributed by atoms with E-state index in [4.69, 9.17) is 11.6 Å². The molecule has 16 heavy (non-hydrogen) atoms. The molecule has 90 valence electrons. The van der Waals surface area contributed by atoms with Crippen molar-refractivity contribution in [2.24, 2.45) is 0 Å². The van der Waals surface area contributed by atoms with Crippen molar-refractivity contribution in [3.63, 3.8) is 0 Å². The summed E-state index contributed by atoms with van der Waals surface area (Å²) in [4.78, 5) is 4.05. The lowest BCUT2D eigenvalue weighted by Gasteiger charge is -2.23. The summed E-state index contributed by atoms with van der Waals surface area (Å²) in [5.41, 5.74) is 1.19. The summed E-state index contributed by atoms with van der Waals surface area (Å²) in [5, 5.41) is 7.45. The van der Waals surface area contributed by atoms with Crippen LogP contribution in [0.5, 0.6) is 0 Å². The van der Waals surface area contributed by atoms with E-state index < -0.39 is 0 Å². The molecular weight excluding hydrogens is 245 g/mol. The van der Waals surface area contributed by atoms with Crippen molar-refractivity contribution in [1.82, 2.24) is 15.6 Å². The van der Waals surface area contributed by atoms with Crippen LogP contribution in [0.3, 0.4) is 0 Å². The van der Waals surface area contributed by atoms with Crippen molar-refractivity contribution in [3.05, 3.63) is 29.0 Å². The summed E-state index contributed by atoms with van der Waals surface area (Å²) in [6.07, 6.45) is 4.34. The molecule has 0 aromatic carbocycles. The van der Waals surface area contributed by atoms with Gasteiger partial charge in [-0.25, -0.2) is 4.98 Å². The van der Waals surface area contributed by atoms with Crippen LogP contribution in [0.15, 0.2) is 18.3 Å². The zero-order valence-electron chi connectivity index (χ0n) is 9.08. The summed E-state index contributed by atoms with van der Waals surface area (Å²) in [6, 6.07) is 4.44. The van der Waals surface area contributed by atoms with E-state index in [9.17, 15) is 0 Å². The van der Waals surface area contributed by atoms with Crippen LogP contribution in [0, 0.1) is 0 Å². The van der Waals surface area contributed by atoms with Gasteiger partial charge in [-0.1, -0.05) is 17.7 Å². The molecule has 1 aliphatic rings. The lowest BCUT2D eigenvalue weighted by molar-refractivity contribution is 0.389. The van der Waals surface area contributed by atoms with Gasteiger partial charge in [-0.2, -0.15) is 0 Å². The molecular formula is C11H17Cl2N3. The summed E-state index contributed by atoms with van der Waals surface area (Å²) in [5.74, 6) is 0. The summed E-state index contributed by atoms with van der Waals surface area (Å²) < 4.78 is 0. The second kappa shape index (κ2) is 7.07. The van der Waals surface area contributed by atoms with Crippen molar-refractivity contribution in [2.45, 2.75) is 25.4 Å². The van der Waals surface area contributed by atoms with Gasteiger partial charge in [-0.3, -0.25) is 0 Å². The minimum absolute atomic E-state index is 0. The van der Waals surface area contributed by atoms with E-state index in [1.807, 2.05) is 18.3 Å². The highest BCUT2D eigenvalue weighted by Gasteiger charge is 2.11. The lowest BCUT2D eigenvalue weighted by atomic mass is 10.1. The van der Waals surface area contributed by atoms with Gasteiger partial charge in [-0.15, -0.1) is 12.4 Å². The topological polar surface area (TPSA) is 37.0 Å². The zero-order chi connectivity index (χ0) is 10.5. The Hall–Kier alpha value is -0.350. The normalized spacial score (nSPS) is 20.2. The van der Waals surface area contributed by atoms with Crippen LogP contribution in [-0.4, -0.2) is 24.1 Å². The predicted octanol–water partition coefficient (Wildman–Crippen LogP) is 2.00. The maximum Gasteiger partial charge on any atom is 0.129 e. The Bertz CT molecular complexity index is 297. The molecule has 5 heteroatoms. The molecule has 2 heterocycles. The van der Waals surface area contributed by atoms with E-state index in [1.165, 1.54) is 18.4 Å². The van der Waals surface area contributed by atoms with Crippen LogP contribution in [0.2, 0.25) is 5.15 Å². The van der Waals surface area contributed by atoms with Gasteiger partial charge in [0.15, 0.2) is 0 Å². The zero-order valence-corrected chi connectivity index (χ0v) is 10.7. The predicted molar refractivity (Wildman–Crippen MR) is 69.2 cm³/mol. The summed E-state index contributed by atoms with van der Waals surface area (Å²) in [6.45, 7) is 3.10. The molecule has 0 spiro atoms. The van der Waals surface area contributed by atoms with Gasteiger partial charge in [0.25, 0.3) is 0 Å². The Balaban J connectivity index is 0.00000128. The van der Waals surface area contributed by atoms with Crippen LogP contribution in [-0.2, 0) is 6.54 Å². The maximum atomic E-state index is 5.72. The van der Waals surface area contributed by atoms with Crippen LogP contribution < -0.4 is 10.6 Å². The minimum Gasteiger partial charge on any atom is -0.315 e. The number of hydrogen-bond acceptors (Lipinski definition) is 3. The average Bonchev–Trinajstić information content (AvgIpc) is 2.30. The molecule has 1 atom stereocenters. The molecule has 0 amide bonds. The SMILES string of the molecule is Cl.Clc1ccc(CN[C@H]2CCCNC2)cn1. The fourth-order valence-electron chi connectivity index (χ4n) is 1.80. The number of hydrogen-bond donors (Lipinski definition) is 2. The first-order valence-corrected chi connectivity index (χ1v) is 5.77. The van der Waals surface area contributed by atoms with Gasteiger partial charge in [0.05, 0.1) is 0 Å². The largest absolute Gasteiger partial charge is 0.315 e. The van der Waals surface area contributed by atoms with Gasteiger partial charge in [0.2, 0.25) is 0 Å². The summed E-state index contributed by atoms with van der Waals surface area (Å²) in [7, 11) is 0. The van der Waals surface area contributed by atoms with Crippen LogP contribution in [0.25, 0.3) is 0 Å². The van der Waals surface area contributed by atoms with E-state index in [2.05, 4.69) is 15.6 Å². The molecule has 0 unspecified atom stereocenters. The van der Waals surface area contributed by atoms with Crippen LogP contribution in [0.1, 0.15) is 18.4 Å². The number of pyridine rings is 1. The number of nitrogens with one attached hydrogen (secondary N) is 2. The smallest absolute Gasteiger partial charge is 0.129 e. The van der Waals surface area contributed by atoms with Gasteiger partial charge >= 0.3 is 0 Å². The molecule has 1 aromatic heterocycles. The van der Waals surface area contributed by atoms with Crippen molar-refractivity contribution in [1.29, 1.82) is 0 Å². The average molecular weight is 262 g/mol. The molecule has 0 radical (unpaired) electrons. The molecule has 3 nitrogen and oxygen atoms in total. The van der Waals surface area contributed by atoms with Crippen molar-refractivity contribution in [2.75, 3.05) is 13.1 Å². The molecule has 0 bridgehead atoms. The van der Waals surface area contributed by atoms with E-state index in [-0.39, 0.29) is 12.4 Å². The molecule has 1 aliphatic heterocycles. The van der Waals surface area contributed by atoms with E-state index >= 15 is 0 Å². The van der Waals surface area contributed by atoms with Gasteiger partial charge in [0.1, 0.15) is 5.15 Å². The highest BCUT2D eigenvalue weighted by molar-refractivity contribution is 6.29. The van der Waals surface area contributed by atoms with Gasteiger partial charge in [-0.05, 0) is 31.0 Å². The van der Waals surface area contributed by atoms with Crippen LogP contribution >= 0.6 is 24.0 Å². The Kier molecular flexibility index (Phi) is 6.06. The Labute approximate surface area is 107 Å². The molecule has 0 aliphatic carbocycles. The third kappa shape index (κ3) is 4.26. The Morgan fingerprint density at radius 3 is 3.00 bits per heavy atom. The third-order valence-corrected chi connectivity index (χ3v) is 2.90. The fourth-order valence-corrected chi connectivity index (χ4v) is 1.91. The number of piperidine rings is 1. The van der Waals surface area contributed by atoms with Crippen molar-refractivity contribution in [3.8, 4) is 0 Å². The molecule has 0 saturated carbocycles. The number of halogens is 2. The first-order chi connectivity index (χ1) is 7.34. The third-order valence-electron chi connectivity index (χ3n) is 2.68. The van der Waals surface area contributed by atoms with Crippen LogP contribution in [0.4, 0.5) is 0 Å². The van der Waals surface area contributed by atoms with Gasteiger partial charge < -0.3 is 10.6 Å². The highest BCUT2D eigenvalue weighted by Crippen LogP contribution is 2.06. The van der Waals surface area contributed by atoms with Crippen molar-refractivity contribution < 1.29 is 0 Å². The van der Waals surface area contributed by atoms with E-state index in [1.54, 1.807) is 0 Å². The molecule has 1 aromatic rings. The van der Waals surface area contributed by atoms with Gasteiger partial charge in [0, 0.05) is 25.3 Å². The number of nitrogens with zero attached hydrogens (tertiary/aromatic N) is 1.